The van der Waals surface area contributed by atoms with Crippen molar-refractivity contribution in [2.24, 2.45) is 0 Å². The molecule has 0 atom stereocenters. The molecule has 0 unspecified atom stereocenters. The maximum absolute atomic E-state index is 6.76. The fourth-order valence-corrected chi connectivity index (χ4v) is 11.3. The lowest BCUT2D eigenvalue weighted by atomic mass is 9.63. The van der Waals surface area contributed by atoms with Crippen molar-refractivity contribution in [3.63, 3.8) is 0 Å². The monoisotopic (exact) mass is 552 g/mol. The number of hydrogen-bond donors (Lipinski definition) is 0. The highest BCUT2D eigenvalue weighted by Gasteiger charge is 2.54. The van der Waals surface area contributed by atoms with Gasteiger partial charge in [0.15, 0.2) is 0 Å². The van der Waals surface area contributed by atoms with Crippen molar-refractivity contribution in [2.45, 2.75) is 25.0 Å². The largest absolute Gasteiger partial charge is 0.457 e. The Kier molecular flexibility index (Phi) is 5.25. The normalized spacial score (nSPS) is 16.0. The van der Waals surface area contributed by atoms with E-state index >= 15 is 0 Å². The van der Waals surface area contributed by atoms with Crippen molar-refractivity contribution < 1.29 is 4.74 Å². The third-order valence-corrected chi connectivity index (χ3v) is 12.5. The molecule has 0 saturated carbocycles. The molecule has 3 heteroatoms. The summed E-state index contributed by atoms with van der Waals surface area (Å²) in [7, 11) is -1.84. The number of rotatable bonds is 2. The first-order chi connectivity index (χ1) is 19.8. The van der Waals surface area contributed by atoms with Crippen LogP contribution in [0.3, 0.4) is 0 Å². The summed E-state index contributed by atoms with van der Waals surface area (Å²) in [5.74, 6) is 1.72. The Bertz CT molecular complexity index is 1810. The van der Waals surface area contributed by atoms with E-state index in [1.54, 1.807) is 0 Å². The van der Waals surface area contributed by atoms with Gasteiger partial charge in [-0.2, -0.15) is 0 Å². The van der Waals surface area contributed by atoms with Gasteiger partial charge in [0.2, 0.25) is 0 Å². The summed E-state index contributed by atoms with van der Waals surface area (Å²) in [5, 5.41) is 0.700. The number of ether oxygens (including phenoxy) is 1. The molecule has 0 amide bonds. The molecule has 8 rings (SSSR count). The first-order valence-corrected chi connectivity index (χ1v) is 15.5. The highest BCUT2D eigenvalue weighted by molar-refractivity contribution is 8.34. The summed E-state index contributed by atoms with van der Waals surface area (Å²) < 4.78 is 6.56. The third-order valence-electron chi connectivity index (χ3n) is 8.29. The summed E-state index contributed by atoms with van der Waals surface area (Å²) in [6.45, 7) is 0. The third kappa shape index (κ3) is 3.01. The van der Waals surface area contributed by atoms with Crippen molar-refractivity contribution in [2.75, 3.05) is 0 Å². The average Bonchev–Trinajstić information content (AvgIpc) is 3.02. The Balaban J connectivity index is 1.62. The van der Waals surface area contributed by atoms with Gasteiger partial charge >= 0.3 is 0 Å². The van der Waals surface area contributed by atoms with Gasteiger partial charge in [-0.15, -0.1) is 10.0 Å². The van der Waals surface area contributed by atoms with E-state index in [1.165, 1.54) is 30.7 Å². The first kappa shape index (κ1) is 23.6. The van der Waals surface area contributed by atoms with Gasteiger partial charge in [0, 0.05) is 35.7 Å². The van der Waals surface area contributed by atoms with Crippen molar-refractivity contribution in [3.05, 3.63) is 179 Å². The van der Waals surface area contributed by atoms with Crippen LogP contribution < -0.4 is 4.74 Å². The highest BCUT2D eigenvalue weighted by atomic mass is 35.5. The smallest absolute Gasteiger partial charge is 0.132 e. The summed E-state index contributed by atoms with van der Waals surface area (Å²) in [6, 6.07) is 54.7. The molecule has 6 aromatic rings. The molecule has 0 bridgehead atoms. The second-order valence-corrected chi connectivity index (χ2v) is 13.7. The molecule has 0 aromatic heterocycles. The molecule has 0 radical (unpaired) electrons. The average molecular weight is 553 g/mol. The van der Waals surface area contributed by atoms with E-state index in [2.05, 4.69) is 140 Å². The van der Waals surface area contributed by atoms with Crippen LogP contribution in [-0.2, 0) is 5.41 Å². The molecule has 2 aliphatic rings. The van der Waals surface area contributed by atoms with Gasteiger partial charge in [-0.25, -0.2) is 0 Å². The highest BCUT2D eigenvalue weighted by Crippen LogP contribution is 2.80. The molecule has 1 nitrogen and oxygen atoms in total. The van der Waals surface area contributed by atoms with E-state index in [9.17, 15) is 0 Å². The lowest BCUT2D eigenvalue weighted by molar-refractivity contribution is 0.431. The van der Waals surface area contributed by atoms with Crippen LogP contribution in [0.1, 0.15) is 22.3 Å². The standard InChI is InChI=1S/C37H25ClOS/c38-26-23-24-34-32(25-26)37(29-17-7-10-20-33(29)39-34)30-18-8-11-21-35(30)40(27-13-3-1-4-14-27,28-15-5-2-6-16-28)36-22-12-9-19-31(36)37/h1-25H. The Morgan fingerprint density at radius 3 is 1.52 bits per heavy atom. The van der Waals surface area contributed by atoms with Gasteiger partial charge in [0.25, 0.3) is 0 Å². The van der Waals surface area contributed by atoms with Crippen LogP contribution in [0.5, 0.6) is 11.5 Å². The second-order valence-electron chi connectivity index (χ2n) is 10.2. The van der Waals surface area contributed by atoms with Gasteiger partial charge < -0.3 is 4.74 Å². The minimum Gasteiger partial charge on any atom is -0.457 e. The van der Waals surface area contributed by atoms with Crippen LogP contribution in [0.15, 0.2) is 171 Å². The molecule has 2 heterocycles. The Labute approximate surface area is 241 Å². The van der Waals surface area contributed by atoms with Crippen LogP contribution in [0.4, 0.5) is 0 Å². The fourth-order valence-electron chi connectivity index (χ4n) is 6.84. The van der Waals surface area contributed by atoms with Gasteiger partial charge in [0.05, 0.1) is 5.41 Å². The predicted octanol–water partition coefficient (Wildman–Crippen LogP) is 10.5. The minimum atomic E-state index is -1.84. The summed E-state index contributed by atoms with van der Waals surface area (Å²) in [4.78, 5) is 5.33. The van der Waals surface area contributed by atoms with Gasteiger partial charge in [-0.1, -0.05) is 103 Å². The topological polar surface area (TPSA) is 9.23 Å². The van der Waals surface area contributed by atoms with E-state index in [0.717, 1.165) is 22.6 Å². The second kappa shape index (κ2) is 8.89. The minimum absolute atomic E-state index is 0.595. The molecule has 0 saturated heterocycles. The van der Waals surface area contributed by atoms with Crippen molar-refractivity contribution >= 4 is 21.6 Å². The molecular weight excluding hydrogens is 528 g/mol. The van der Waals surface area contributed by atoms with Gasteiger partial charge in [0.1, 0.15) is 11.5 Å². The van der Waals surface area contributed by atoms with E-state index in [0.29, 0.717) is 5.02 Å². The van der Waals surface area contributed by atoms with Crippen molar-refractivity contribution in [1.82, 2.24) is 0 Å². The van der Waals surface area contributed by atoms with Gasteiger partial charge in [-0.3, -0.25) is 0 Å². The SMILES string of the molecule is Clc1ccc2c(c1)C1(c3ccccc3O2)c2ccccc2S(c2ccccc2)(c2ccccc2)c2ccccc21. The molecule has 0 N–H and O–H groups in total. The summed E-state index contributed by atoms with van der Waals surface area (Å²) in [5.41, 5.74) is 4.17. The number of fused-ring (bicyclic) bond motifs is 8. The zero-order valence-electron chi connectivity index (χ0n) is 21.6. The van der Waals surface area contributed by atoms with E-state index in [-0.39, 0.29) is 0 Å². The lowest BCUT2D eigenvalue weighted by Crippen LogP contribution is -2.39. The zero-order chi connectivity index (χ0) is 26.7. The van der Waals surface area contributed by atoms with Crippen LogP contribution in [0.25, 0.3) is 0 Å². The van der Waals surface area contributed by atoms with Crippen molar-refractivity contribution in [3.8, 4) is 11.5 Å². The quantitative estimate of drug-likeness (QED) is 0.207. The zero-order valence-corrected chi connectivity index (χ0v) is 23.2. The van der Waals surface area contributed by atoms with E-state index in [4.69, 9.17) is 16.3 Å². The molecule has 6 aromatic carbocycles. The van der Waals surface area contributed by atoms with Crippen LogP contribution >= 0.6 is 21.6 Å². The number of hydrogen-bond acceptors (Lipinski definition) is 1. The summed E-state index contributed by atoms with van der Waals surface area (Å²) >= 11 is 6.76. The lowest BCUT2D eigenvalue weighted by Gasteiger charge is -2.54. The Morgan fingerprint density at radius 1 is 0.450 bits per heavy atom. The molecule has 0 fully saturated rings. The Morgan fingerprint density at radius 2 is 0.925 bits per heavy atom. The molecular formula is C37H25ClOS. The maximum Gasteiger partial charge on any atom is 0.132 e. The first-order valence-electron chi connectivity index (χ1n) is 13.5. The number of para-hydroxylation sites is 1. The van der Waals surface area contributed by atoms with Crippen molar-refractivity contribution in [1.29, 1.82) is 0 Å². The maximum atomic E-state index is 6.76. The number of benzene rings is 6. The van der Waals surface area contributed by atoms with Crippen LogP contribution in [-0.4, -0.2) is 0 Å². The summed E-state index contributed by atoms with van der Waals surface area (Å²) in [6.07, 6.45) is 0. The molecule has 192 valence electrons. The molecule has 0 aliphatic carbocycles. The number of halogens is 1. The van der Waals surface area contributed by atoms with Gasteiger partial charge in [-0.05, 0) is 71.8 Å². The fraction of sp³-hybridized carbons (Fsp3) is 0.0270. The molecule has 2 aliphatic heterocycles. The molecule has 1 spiro atoms. The van der Waals surface area contributed by atoms with E-state index < -0.39 is 15.4 Å². The molecule has 40 heavy (non-hydrogen) atoms. The predicted molar refractivity (Wildman–Crippen MR) is 163 cm³/mol. The Hall–Kier alpha value is -4.24. The van der Waals surface area contributed by atoms with Crippen LogP contribution in [0.2, 0.25) is 5.02 Å². The van der Waals surface area contributed by atoms with E-state index in [1.807, 2.05) is 12.1 Å². The van der Waals surface area contributed by atoms with Crippen LogP contribution in [0, 0.1) is 0 Å².